The van der Waals surface area contributed by atoms with Gasteiger partial charge >= 0.3 is 0 Å². The summed E-state index contributed by atoms with van der Waals surface area (Å²) in [7, 11) is -3.87. The Morgan fingerprint density at radius 1 is 0.844 bits per heavy atom. The fraction of sp³-hybridized carbons (Fsp3) is 0.130. The van der Waals surface area contributed by atoms with Crippen LogP contribution in [0.1, 0.15) is 33.6 Å². The van der Waals surface area contributed by atoms with Gasteiger partial charge in [0.15, 0.2) is 0 Å². The second kappa shape index (κ2) is 9.02. The van der Waals surface area contributed by atoms with Gasteiger partial charge in [-0.15, -0.1) is 0 Å². The minimum absolute atomic E-state index is 0.00675. The van der Waals surface area contributed by atoms with Crippen molar-refractivity contribution in [1.29, 1.82) is 0 Å². The van der Waals surface area contributed by atoms with Crippen molar-refractivity contribution in [1.82, 2.24) is 5.32 Å². The summed E-state index contributed by atoms with van der Waals surface area (Å²) in [5, 5.41) is 5.91. The zero-order valence-electron chi connectivity index (χ0n) is 16.8. The number of sulfonamides is 1. The highest BCUT2D eigenvalue weighted by Gasteiger charge is 2.24. The first-order valence-electron chi connectivity index (χ1n) is 9.91. The van der Waals surface area contributed by atoms with Crippen molar-refractivity contribution >= 4 is 44.8 Å². The molecule has 0 radical (unpaired) electrons. The quantitative estimate of drug-likeness (QED) is 0.480. The maximum Gasteiger partial charge on any atom is 0.261 e. The van der Waals surface area contributed by atoms with Gasteiger partial charge in [-0.2, -0.15) is 0 Å². The molecule has 0 aromatic heterocycles. The number of hydrogen-bond donors (Lipinski definition) is 3. The number of anilines is 2. The molecule has 0 heterocycles. The molecule has 1 aliphatic carbocycles. The first-order chi connectivity index (χ1) is 15.3. The number of carbonyl (C=O) groups is 2. The molecular formula is C23H20ClN3O4S. The zero-order chi connectivity index (χ0) is 22.7. The Labute approximate surface area is 190 Å². The van der Waals surface area contributed by atoms with E-state index in [2.05, 4.69) is 15.4 Å². The van der Waals surface area contributed by atoms with Crippen LogP contribution in [-0.4, -0.2) is 26.3 Å². The van der Waals surface area contributed by atoms with Gasteiger partial charge in [-0.25, -0.2) is 8.42 Å². The summed E-state index contributed by atoms with van der Waals surface area (Å²) in [4.78, 5) is 24.8. The van der Waals surface area contributed by atoms with Gasteiger partial charge < -0.3 is 10.6 Å². The van der Waals surface area contributed by atoms with Gasteiger partial charge in [0.05, 0.1) is 15.6 Å². The lowest BCUT2D eigenvalue weighted by molar-refractivity contribution is 0.0949. The molecule has 164 valence electrons. The van der Waals surface area contributed by atoms with Crippen LogP contribution in [-0.2, 0) is 10.0 Å². The Kier molecular flexibility index (Phi) is 6.16. The van der Waals surface area contributed by atoms with Crippen molar-refractivity contribution in [2.75, 3.05) is 10.0 Å². The van der Waals surface area contributed by atoms with Gasteiger partial charge in [0.2, 0.25) is 0 Å². The number of hydrogen-bond acceptors (Lipinski definition) is 4. The molecule has 4 rings (SSSR count). The summed E-state index contributed by atoms with van der Waals surface area (Å²) in [6.45, 7) is 0. The fourth-order valence-electron chi connectivity index (χ4n) is 2.97. The maximum absolute atomic E-state index is 12.6. The highest BCUT2D eigenvalue weighted by Crippen LogP contribution is 2.24. The monoisotopic (exact) mass is 469 g/mol. The average molecular weight is 470 g/mol. The predicted octanol–water partition coefficient (Wildman–Crippen LogP) is 4.29. The van der Waals surface area contributed by atoms with E-state index in [4.69, 9.17) is 11.6 Å². The molecule has 0 spiro atoms. The van der Waals surface area contributed by atoms with Crippen LogP contribution in [0.4, 0.5) is 11.4 Å². The van der Waals surface area contributed by atoms with Gasteiger partial charge in [-0.05, 0) is 67.4 Å². The van der Waals surface area contributed by atoms with Gasteiger partial charge in [0.25, 0.3) is 21.8 Å². The molecule has 1 saturated carbocycles. The van der Waals surface area contributed by atoms with Gasteiger partial charge in [0, 0.05) is 22.9 Å². The molecule has 1 fully saturated rings. The summed E-state index contributed by atoms with van der Waals surface area (Å²) >= 11 is 6.01. The van der Waals surface area contributed by atoms with Crippen molar-refractivity contribution in [3.63, 3.8) is 0 Å². The van der Waals surface area contributed by atoms with Crippen molar-refractivity contribution < 1.29 is 18.0 Å². The van der Waals surface area contributed by atoms with E-state index in [9.17, 15) is 18.0 Å². The molecule has 3 aromatic rings. The number of nitrogens with one attached hydrogen (secondary N) is 3. The van der Waals surface area contributed by atoms with Crippen molar-refractivity contribution in [2.24, 2.45) is 0 Å². The van der Waals surface area contributed by atoms with Crippen molar-refractivity contribution in [2.45, 2.75) is 23.8 Å². The molecule has 7 nitrogen and oxygen atoms in total. The van der Waals surface area contributed by atoms with Crippen LogP contribution in [0.2, 0.25) is 5.02 Å². The largest absolute Gasteiger partial charge is 0.349 e. The number of halogens is 1. The topological polar surface area (TPSA) is 104 Å². The standard InChI is InChI=1S/C23H20ClN3O4S/c24-20-6-1-2-7-21(20)27-32(30,31)19-12-8-15(9-13-19)22(28)26-18-5-3-4-16(14-18)23(29)25-17-10-11-17/h1-9,12-14,17,27H,10-11H2,(H,25,29)(H,26,28). The molecule has 9 heteroatoms. The Morgan fingerprint density at radius 3 is 2.25 bits per heavy atom. The van der Waals surface area contributed by atoms with Crippen LogP contribution >= 0.6 is 11.6 Å². The minimum Gasteiger partial charge on any atom is -0.349 e. The van der Waals surface area contributed by atoms with E-state index in [0.29, 0.717) is 11.3 Å². The first-order valence-corrected chi connectivity index (χ1v) is 11.8. The molecule has 3 aromatic carbocycles. The molecular weight excluding hydrogens is 450 g/mol. The van der Waals surface area contributed by atoms with Crippen LogP contribution < -0.4 is 15.4 Å². The number of amides is 2. The smallest absolute Gasteiger partial charge is 0.261 e. The van der Waals surface area contributed by atoms with Crippen LogP contribution in [0.15, 0.2) is 77.7 Å². The number of carbonyl (C=O) groups excluding carboxylic acids is 2. The van der Waals surface area contributed by atoms with Gasteiger partial charge in [-0.1, -0.05) is 29.8 Å². The molecule has 0 saturated heterocycles. The Hall–Kier alpha value is -3.36. The van der Waals surface area contributed by atoms with Gasteiger partial charge in [-0.3, -0.25) is 14.3 Å². The summed E-state index contributed by atoms with van der Waals surface area (Å²) in [5.41, 5.74) is 1.47. The average Bonchev–Trinajstić information content (AvgIpc) is 3.59. The lowest BCUT2D eigenvalue weighted by Crippen LogP contribution is -2.25. The van der Waals surface area contributed by atoms with Crippen LogP contribution in [0.3, 0.4) is 0 Å². The van der Waals surface area contributed by atoms with E-state index < -0.39 is 15.9 Å². The van der Waals surface area contributed by atoms with E-state index in [1.54, 1.807) is 48.5 Å². The molecule has 1 aliphatic rings. The number of rotatable bonds is 7. The SMILES string of the molecule is O=C(Nc1cccc(C(=O)NC2CC2)c1)c1ccc(S(=O)(=O)Nc2ccccc2Cl)cc1. The third-order valence-corrected chi connectivity index (χ3v) is 6.55. The van der Waals surface area contributed by atoms with E-state index in [1.807, 2.05) is 0 Å². The second-order valence-corrected chi connectivity index (χ2v) is 9.48. The summed E-state index contributed by atoms with van der Waals surface area (Å²) in [5.74, 6) is -0.600. The fourth-order valence-corrected chi connectivity index (χ4v) is 4.29. The summed E-state index contributed by atoms with van der Waals surface area (Å²) in [6.07, 6.45) is 1.98. The Bertz CT molecular complexity index is 1270. The highest BCUT2D eigenvalue weighted by atomic mass is 35.5. The summed E-state index contributed by atoms with van der Waals surface area (Å²) in [6, 6.07) is 18.9. The summed E-state index contributed by atoms with van der Waals surface area (Å²) < 4.78 is 27.6. The van der Waals surface area contributed by atoms with Crippen LogP contribution in [0, 0.1) is 0 Å². The highest BCUT2D eigenvalue weighted by molar-refractivity contribution is 7.92. The van der Waals surface area contributed by atoms with E-state index in [1.165, 1.54) is 24.3 Å². The molecule has 0 atom stereocenters. The second-order valence-electron chi connectivity index (χ2n) is 7.39. The van der Waals surface area contributed by atoms with Crippen LogP contribution in [0.25, 0.3) is 0 Å². The number of benzene rings is 3. The van der Waals surface area contributed by atoms with Crippen molar-refractivity contribution in [3.05, 3.63) is 88.9 Å². The molecule has 2 amide bonds. The van der Waals surface area contributed by atoms with E-state index in [0.717, 1.165) is 12.8 Å². The first kappa shape index (κ1) is 21.9. The molecule has 3 N–H and O–H groups in total. The molecule has 0 unspecified atom stereocenters. The Morgan fingerprint density at radius 2 is 1.56 bits per heavy atom. The number of para-hydroxylation sites is 1. The Balaban J connectivity index is 1.44. The van der Waals surface area contributed by atoms with E-state index >= 15 is 0 Å². The predicted molar refractivity (Wildman–Crippen MR) is 124 cm³/mol. The van der Waals surface area contributed by atoms with Crippen molar-refractivity contribution in [3.8, 4) is 0 Å². The normalized spacial score (nSPS) is 13.3. The van der Waals surface area contributed by atoms with E-state index in [-0.39, 0.29) is 33.1 Å². The third kappa shape index (κ3) is 5.27. The molecule has 0 bridgehead atoms. The lowest BCUT2D eigenvalue weighted by atomic mass is 10.1. The molecule has 32 heavy (non-hydrogen) atoms. The maximum atomic E-state index is 12.6. The molecule has 0 aliphatic heterocycles. The third-order valence-electron chi connectivity index (χ3n) is 4.84. The van der Waals surface area contributed by atoms with Crippen LogP contribution in [0.5, 0.6) is 0 Å². The van der Waals surface area contributed by atoms with Gasteiger partial charge in [0.1, 0.15) is 0 Å². The lowest BCUT2D eigenvalue weighted by Gasteiger charge is -2.11. The zero-order valence-corrected chi connectivity index (χ0v) is 18.4. The minimum atomic E-state index is -3.87.